The van der Waals surface area contributed by atoms with Crippen LogP contribution in [0.5, 0.6) is 0 Å². The van der Waals surface area contributed by atoms with Crippen molar-refractivity contribution in [2.24, 2.45) is 23.7 Å². The highest BCUT2D eigenvalue weighted by Crippen LogP contribution is 2.29. The Hall–Kier alpha value is -2.32. The average molecular weight is 484 g/mol. The number of carbonyl (C=O) groups excluding carboxylic acids is 3. The number of nitrogens with one attached hydrogen (secondary N) is 3. The molecule has 34 heavy (non-hydrogen) atoms. The lowest BCUT2D eigenvalue weighted by molar-refractivity contribution is -0.143. The zero-order valence-electron chi connectivity index (χ0n) is 21.9. The summed E-state index contributed by atoms with van der Waals surface area (Å²) in [6, 6.07) is -1.55. The molecule has 0 heterocycles. The van der Waals surface area contributed by atoms with E-state index in [0.29, 0.717) is 25.8 Å². The van der Waals surface area contributed by atoms with Gasteiger partial charge >= 0.3 is 12.1 Å². The summed E-state index contributed by atoms with van der Waals surface area (Å²) in [5.74, 6) is -1.30. The van der Waals surface area contributed by atoms with E-state index in [-0.39, 0.29) is 35.5 Å². The number of amides is 3. The molecule has 3 unspecified atom stereocenters. The van der Waals surface area contributed by atoms with Gasteiger partial charge in [0.2, 0.25) is 11.8 Å². The minimum absolute atomic E-state index is 0.0556. The number of hydrogen-bond acceptors (Lipinski definition) is 5. The SMILES string of the molecule is CCC(C)C(NC(=O)OC(C)(C)C)C(=O)NCC1CCC(C(=O)NC(CC(C)C)C(=O)O)CC1. The fourth-order valence-electron chi connectivity index (χ4n) is 4.10. The van der Waals surface area contributed by atoms with Gasteiger partial charge in [0, 0.05) is 12.5 Å². The predicted octanol–water partition coefficient (Wildman–Crippen LogP) is 3.46. The number of carboxylic acids is 1. The Balaban J connectivity index is 2.55. The van der Waals surface area contributed by atoms with E-state index < -0.39 is 29.7 Å². The van der Waals surface area contributed by atoms with Crippen LogP contribution in [0.2, 0.25) is 0 Å². The molecule has 0 aromatic rings. The monoisotopic (exact) mass is 483 g/mol. The van der Waals surface area contributed by atoms with Crippen LogP contribution in [0.4, 0.5) is 4.79 Å². The standard InChI is InChI=1S/C25H45N3O6/c1-8-16(4)20(28-24(33)34-25(5,6)7)22(30)26-14-17-9-11-18(12-10-17)21(29)27-19(23(31)32)13-15(2)3/h15-20H,8-14H2,1-7H3,(H,26,30)(H,27,29)(H,28,33)(H,31,32). The van der Waals surface area contributed by atoms with E-state index in [9.17, 15) is 24.3 Å². The minimum Gasteiger partial charge on any atom is -0.480 e. The number of ether oxygens (including phenoxy) is 1. The van der Waals surface area contributed by atoms with Crippen molar-refractivity contribution in [1.29, 1.82) is 0 Å². The molecule has 9 nitrogen and oxygen atoms in total. The molecule has 0 aromatic heterocycles. The molecule has 9 heteroatoms. The summed E-state index contributed by atoms with van der Waals surface area (Å²) in [5.41, 5.74) is -0.648. The van der Waals surface area contributed by atoms with Crippen LogP contribution in [0, 0.1) is 23.7 Å². The number of rotatable bonds is 11. The molecule has 0 saturated heterocycles. The quantitative estimate of drug-likeness (QED) is 0.356. The summed E-state index contributed by atoms with van der Waals surface area (Å²) < 4.78 is 5.30. The topological polar surface area (TPSA) is 134 Å². The van der Waals surface area contributed by atoms with Crippen molar-refractivity contribution in [3.8, 4) is 0 Å². The van der Waals surface area contributed by atoms with Crippen LogP contribution in [-0.2, 0) is 19.1 Å². The van der Waals surface area contributed by atoms with Crippen LogP contribution < -0.4 is 16.0 Å². The molecule has 3 atom stereocenters. The van der Waals surface area contributed by atoms with Crippen LogP contribution >= 0.6 is 0 Å². The smallest absolute Gasteiger partial charge is 0.408 e. The Labute approximate surface area is 204 Å². The van der Waals surface area contributed by atoms with Crippen molar-refractivity contribution in [1.82, 2.24) is 16.0 Å². The van der Waals surface area contributed by atoms with Crippen molar-refractivity contribution in [3.05, 3.63) is 0 Å². The van der Waals surface area contributed by atoms with Gasteiger partial charge in [0.05, 0.1) is 0 Å². The largest absolute Gasteiger partial charge is 0.480 e. The van der Waals surface area contributed by atoms with E-state index in [1.54, 1.807) is 20.8 Å². The molecule has 0 aliphatic heterocycles. The molecule has 0 radical (unpaired) electrons. The molecule has 3 amide bonds. The minimum atomic E-state index is -1.01. The third kappa shape index (κ3) is 10.7. The first kappa shape index (κ1) is 29.7. The maximum Gasteiger partial charge on any atom is 0.408 e. The van der Waals surface area contributed by atoms with Crippen molar-refractivity contribution in [2.75, 3.05) is 6.54 Å². The summed E-state index contributed by atoms with van der Waals surface area (Å²) in [6.45, 7) is 13.5. The second kappa shape index (κ2) is 13.5. The lowest BCUT2D eigenvalue weighted by Crippen LogP contribution is -2.52. The second-order valence-electron chi connectivity index (χ2n) is 11.0. The van der Waals surface area contributed by atoms with Gasteiger partial charge < -0.3 is 25.8 Å². The van der Waals surface area contributed by atoms with Gasteiger partial charge in [0.1, 0.15) is 17.7 Å². The zero-order valence-corrected chi connectivity index (χ0v) is 21.9. The van der Waals surface area contributed by atoms with E-state index in [1.807, 2.05) is 27.7 Å². The van der Waals surface area contributed by atoms with E-state index in [4.69, 9.17) is 4.74 Å². The van der Waals surface area contributed by atoms with Gasteiger partial charge in [-0.25, -0.2) is 9.59 Å². The summed E-state index contributed by atoms with van der Waals surface area (Å²) in [7, 11) is 0. The molecule has 1 rings (SSSR count). The average Bonchev–Trinajstić information content (AvgIpc) is 2.73. The number of carbonyl (C=O) groups is 4. The van der Waals surface area contributed by atoms with Crippen LogP contribution in [0.25, 0.3) is 0 Å². The number of carboxylic acid groups (broad SMARTS) is 1. The van der Waals surface area contributed by atoms with Gasteiger partial charge in [-0.05, 0) is 70.6 Å². The predicted molar refractivity (Wildman–Crippen MR) is 130 cm³/mol. The van der Waals surface area contributed by atoms with Gasteiger partial charge in [-0.2, -0.15) is 0 Å². The summed E-state index contributed by atoms with van der Waals surface area (Å²) in [5, 5.41) is 17.7. The molecule has 1 fully saturated rings. The van der Waals surface area contributed by atoms with Gasteiger partial charge in [-0.15, -0.1) is 0 Å². The van der Waals surface area contributed by atoms with Gasteiger partial charge in [-0.1, -0.05) is 34.1 Å². The molecule has 196 valence electrons. The molecule has 0 spiro atoms. The molecule has 4 N–H and O–H groups in total. The number of hydrogen-bond donors (Lipinski definition) is 4. The van der Waals surface area contributed by atoms with Crippen molar-refractivity contribution in [2.45, 2.75) is 105 Å². The van der Waals surface area contributed by atoms with Gasteiger partial charge in [-0.3, -0.25) is 9.59 Å². The number of alkyl carbamates (subject to hydrolysis) is 1. The zero-order chi connectivity index (χ0) is 26.1. The van der Waals surface area contributed by atoms with E-state index >= 15 is 0 Å². The van der Waals surface area contributed by atoms with E-state index in [2.05, 4.69) is 16.0 Å². The summed E-state index contributed by atoms with van der Waals surface area (Å²) in [4.78, 5) is 49.0. The van der Waals surface area contributed by atoms with Crippen molar-refractivity contribution in [3.63, 3.8) is 0 Å². The second-order valence-corrected chi connectivity index (χ2v) is 11.0. The Kier molecular flexibility index (Phi) is 11.8. The maximum absolute atomic E-state index is 12.8. The highest BCUT2D eigenvalue weighted by Gasteiger charge is 2.31. The lowest BCUT2D eigenvalue weighted by Gasteiger charge is -2.30. The van der Waals surface area contributed by atoms with Crippen LogP contribution in [0.15, 0.2) is 0 Å². The molecule has 1 saturated carbocycles. The highest BCUT2D eigenvalue weighted by atomic mass is 16.6. The van der Waals surface area contributed by atoms with Gasteiger partial charge in [0.15, 0.2) is 0 Å². The first-order chi connectivity index (χ1) is 15.7. The molecular formula is C25H45N3O6. The fraction of sp³-hybridized carbons (Fsp3) is 0.840. The summed E-state index contributed by atoms with van der Waals surface area (Å²) >= 11 is 0. The van der Waals surface area contributed by atoms with Crippen LogP contribution in [0.3, 0.4) is 0 Å². The van der Waals surface area contributed by atoms with Crippen LogP contribution in [0.1, 0.15) is 87.0 Å². The first-order valence-electron chi connectivity index (χ1n) is 12.5. The molecule has 0 bridgehead atoms. The summed E-state index contributed by atoms with van der Waals surface area (Å²) in [6.07, 6.45) is 3.37. The maximum atomic E-state index is 12.8. The number of aliphatic carboxylic acids is 1. The lowest BCUT2D eigenvalue weighted by atomic mass is 9.81. The normalized spacial score (nSPS) is 21.2. The fourth-order valence-corrected chi connectivity index (χ4v) is 4.10. The Morgan fingerprint density at radius 3 is 2.06 bits per heavy atom. The van der Waals surface area contributed by atoms with E-state index in [1.165, 1.54) is 0 Å². The van der Waals surface area contributed by atoms with Crippen molar-refractivity contribution >= 4 is 23.9 Å². The Bertz CT molecular complexity index is 695. The van der Waals surface area contributed by atoms with Gasteiger partial charge in [0.25, 0.3) is 0 Å². The van der Waals surface area contributed by atoms with Crippen molar-refractivity contribution < 1.29 is 29.0 Å². The molecule has 0 aromatic carbocycles. The Morgan fingerprint density at radius 2 is 1.59 bits per heavy atom. The Morgan fingerprint density at radius 1 is 1.00 bits per heavy atom. The highest BCUT2D eigenvalue weighted by molar-refractivity contribution is 5.86. The molecule has 1 aliphatic rings. The third-order valence-corrected chi connectivity index (χ3v) is 6.27. The first-order valence-corrected chi connectivity index (χ1v) is 12.5. The van der Waals surface area contributed by atoms with E-state index in [0.717, 1.165) is 19.3 Å². The third-order valence-electron chi connectivity index (χ3n) is 6.27. The van der Waals surface area contributed by atoms with Crippen LogP contribution in [-0.4, -0.2) is 53.2 Å². The molecular weight excluding hydrogens is 438 g/mol. The molecule has 1 aliphatic carbocycles.